The summed E-state index contributed by atoms with van der Waals surface area (Å²) in [6, 6.07) is -0.542. The van der Waals surface area contributed by atoms with Gasteiger partial charge in [0.15, 0.2) is 0 Å². The fraction of sp³-hybridized carbons (Fsp3) is 0.750. The SMILES string of the molecule is CC1CCC2(CC1)NC(=O)N(NC(=O)CSC(=S)N1CCCC1)C2=O. The van der Waals surface area contributed by atoms with Crippen LogP contribution in [0.25, 0.3) is 0 Å². The summed E-state index contributed by atoms with van der Waals surface area (Å²) in [7, 11) is 0. The Balaban J connectivity index is 1.51. The van der Waals surface area contributed by atoms with Crippen molar-refractivity contribution in [2.24, 2.45) is 5.92 Å². The first-order valence-electron chi connectivity index (χ1n) is 8.79. The van der Waals surface area contributed by atoms with Gasteiger partial charge >= 0.3 is 6.03 Å². The normalized spacial score (nSPS) is 29.2. The lowest BCUT2D eigenvalue weighted by molar-refractivity contribution is -0.139. The number of hydrogen-bond acceptors (Lipinski definition) is 5. The lowest BCUT2D eigenvalue weighted by Gasteiger charge is -2.33. The number of imide groups is 1. The molecule has 2 aliphatic heterocycles. The van der Waals surface area contributed by atoms with Crippen molar-refractivity contribution in [1.82, 2.24) is 20.7 Å². The van der Waals surface area contributed by atoms with Crippen LogP contribution in [-0.4, -0.2) is 56.5 Å². The molecule has 3 aliphatic rings. The number of nitrogens with one attached hydrogen (secondary N) is 2. The molecule has 0 bridgehead atoms. The summed E-state index contributed by atoms with van der Waals surface area (Å²) in [6.45, 7) is 4.01. The van der Waals surface area contributed by atoms with E-state index in [1.54, 1.807) is 0 Å². The molecular formula is C16H24N4O3S2. The molecule has 0 aromatic rings. The van der Waals surface area contributed by atoms with Gasteiger partial charge in [0.2, 0.25) is 5.91 Å². The van der Waals surface area contributed by atoms with Gasteiger partial charge in [-0.1, -0.05) is 30.9 Å². The topological polar surface area (TPSA) is 81.8 Å². The summed E-state index contributed by atoms with van der Waals surface area (Å²) in [5, 5.41) is 3.63. The third-order valence-electron chi connectivity index (χ3n) is 5.22. The van der Waals surface area contributed by atoms with E-state index in [0.717, 1.165) is 43.8 Å². The zero-order valence-corrected chi connectivity index (χ0v) is 16.0. The molecule has 2 heterocycles. The Kier molecular flexibility index (Phi) is 5.52. The average Bonchev–Trinajstić information content (AvgIpc) is 3.20. The predicted octanol–water partition coefficient (Wildman–Crippen LogP) is 1.63. The van der Waals surface area contributed by atoms with Crippen LogP contribution < -0.4 is 10.7 Å². The minimum absolute atomic E-state index is 0.0937. The highest BCUT2D eigenvalue weighted by Crippen LogP contribution is 2.35. The number of carbonyl (C=O) groups is 3. The molecule has 25 heavy (non-hydrogen) atoms. The van der Waals surface area contributed by atoms with Crippen LogP contribution >= 0.6 is 24.0 Å². The van der Waals surface area contributed by atoms with Gasteiger partial charge in [-0.2, -0.15) is 5.01 Å². The number of nitrogens with zero attached hydrogens (tertiary/aromatic N) is 2. The van der Waals surface area contributed by atoms with Gasteiger partial charge in [0, 0.05) is 13.1 Å². The number of carbonyl (C=O) groups excluding carboxylic acids is 3. The first-order chi connectivity index (χ1) is 11.9. The lowest BCUT2D eigenvalue weighted by Crippen LogP contribution is -2.51. The number of thiocarbonyl (C=S) groups is 1. The van der Waals surface area contributed by atoms with Crippen molar-refractivity contribution < 1.29 is 14.4 Å². The summed E-state index contributed by atoms with van der Waals surface area (Å²) < 4.78 is 0.697. The Morgan fingerprint density at radius 2 is 1.96 bits per heavy atom. The average molecular weight is 385 g/mol. The van der Waals surface area contributed by atoms with Gasteiger partial charge in [0.25, 0.3) is 5.91 Å². The monoisotopic (exact) mass is 384 g/mol. The molecular weight excluding hydrogens is 360 g/mol. The van der Waals surface area contributed by atoms with Gasteiger partial charge in [-0.15, -0.1) is 0 Å². The minimum Gasteiger partial charge on any atom is -0.358 e. The van der Waals surface area contributed by atoms with E-state index in [1.807, 2.05) is 0 Å². The number of thioether (sulfide) groups is 1. The Labute approximate surface area is 157 Å². The summed E-state index contributed by atoms with van der Waals surface area (Å²) in [6.07, 6.45) is 5.28. The van der Waals surface area contributed by atoms with Crippen molar-refractivity contribution >= 4 is 46.1 Å². The number of rotatable bonds is 3. The largest absolute Gasteiger partial charge is 0.358 e. The second-order valence-corrected chi connectivity index (χ2v) is 8.73. The van der Waals surface area contributed by atoms with E-state index < -0.39 is 17.5 Å². The molecule has 0 atom stereocenters. The highest BCUT2D eigenvalue weighted by atomic mass is 32.2. The molecule has 0 aromatic heterocycles. The van der Waals surface area contributed by atoms with E-state index in [4.69, 9.17) is 12.2 Å². The van der Waals surface area contributed by atoms with Crippen molar-refractivity contribution in [3.63, 3.8) is 0 Å². The van der Waals surface area contributed by atoms with E-state index in [-0.39, 0.29) is 11.7 Å². The Bertz CT molecular complexity index is 584. The number of urea groups is 1. The Morgan fingerprint density at radius 1 is 1.32 bits per heavy atom. The zero-order valence-electron chi connectivity index (χ0n) is 14.4. The van der Waals surface area contributed by atoms with Crippen LogP contribution in [0.3, 0.4) is 0 Å². The Hall–Kier alpha value is -1.35. The summed E-state index contributed by atoms with van der Waals surface area (Å²) >= 11 is 6.59. The Morgan fingerprint density at radius 3 is 2.60 bits per heavy atom. The van der Waals surface area contributed by atoms with E-state index in [9.17, 15) is 14.4 Å². The molecule has 4 amide bonds. The van der Waals surface area contributed by atoms with E-state index in [2.05, 4.69) is 22.6 Å². The maximum atomic E-state index is 12.7. The predicted molar refractivity (Wildman–Crippen MR) is 99.7 cm³/mol. The van der Waals surface area contributed by atoms with Crippen molar-refractivity contribution in [2.45, 2.75) is 51.0 Å². The quantitative estimate of drug-likeness (QED) is 0.569. The van der Waals surface area contributed by atoms with Gasteiger partial charge < -0.3 is 10.2 Å². The van der Waals surface area contributed by atoms with Crippen molar-refractivity contribution in [3.8, 4) is 0 Å². The van der Waals surface area contributed by atoms with E-state index in [0.29, 0.717) is 23.1 Å². The maximum absolute atomic E-state index is 12.7. The number of hydrogen-bond donors (Lipinski definition) is 2. The first kappa shape index (κ1) is 18.4. The van der Waals surface area contributed by atoms with Gasteiger partial charge in [-0.05, 0) is 44.4 Å². The molecule has 0 unspecified atom stereocenters. The highest BCUT2D eigenvalue weighted by Gasteiger charge is 2.52. The van der Waals surface area contributed by atoms with Crippen molar-refractivity contribution in [3.05, 3.63) is 0 Å². The van der Waals surface area contributed by atoms with E-state index >= 15 is 0 Å². The van der Waals surface area contributed by atoms with Crippen molar-refractivity contribution in [2.75, 3.05) is 18.8 Å². The third-order valence-corrected chi connectivity index (χ3v) is 6.74. The molecule has 7 nitrogen and oxygen atoms in total. The van der Waals surface area contributed by atoms with Crippen molar-refractivity contribution in [1.29, 1.82) is 0 Å². The zero-order chi connectivity index (χ0) is 18.0. The maximum Gasteiger partial charge on any atom is 0.344 e. The van der Waals surface area contributed by atoms with E-state index in [1.165, 1.54) is 11.8 Å². The van der Waals surface area contributed by atoms with Gasteiger partial charge in [0.05, 0.1) is 5.75 Å². The number of hydrazine groups is 1. The van der Waals surface area contributed by atoms with Crippen LogP contribution in [0.4, 0.5) is 4.79 Å². The van der Waals surface area contributed by atoms with Gasteiger partial charge in [-0.25, -0.2) is 4.79 Å². The second kappa shape index (κ2) is 7.49. The molecule has 2 saturated heterocycles. The summed E-state index contributed by atoms with van der Waals surface area (Å²) in [5.41, 5.74) is 1.60. The summed E-state index contributed by atoms with van der Waals surface area (Å²) in [4.78, 5) is 39.1. The minimum atomic E-state index is -0.838. The molecule has 2 N–H and O–H groups in total. The van der Waals surface area contributed by atoms with Gasteiger partial charge in [0.1, 0.15) is 9.86 Å². The van der Waals surface area contributed by atoms with Crippen LogP contribution in [0, 0.1) is 5.92 Å². The molecule has 9 heteroatoms. The lowest BCUT2D eigenvalue weighted by atomic mass is 9.77. The molecule has 0 radical (unpaired) electrons. The molecule has 1 spiro atoms. The fourth-order valence-corrected chi connectivity index (χ4v) is 4.63. The third kappa shape index (κ3) is 3.92. The molecule has 3 fully saturated rings. The molecule has 1 saturated carbocycles. The second-order valence-electron chi connectivity index (χ2n) is 7.12. The molecule has 3 rings (SSSR count). The molecule has 0 aromatic carbocycles. The number of amides is 4. The smallest absolute Gasteiger partial charge is 0.344 e. The molecule has 1 aliphatic carbocycles. The first-order valence-corrected chi connectivity index (χ1v) is 10.2. The standard InChI is InChI=1S/C16H24N4O3S2/c1-11-4-6-16(7-5-11)13(22)20(14(23)17-16)18-12(21)10-25-15(24)19-8-2-3-9-19/h11H,2-10H2,1H3,(H,17,23)(H,18,21). The van der Waals surface area contributed by atoms with Crippen LogP contribution in [-0.2, 0) is 9.59 Å². The molecule has 138 valence electrons. The van der Waals surface area contributed by atoms with Crippen LogP contribution in [0.2, 0.25) is 0 Å². The number of likely N-dealkylation sites (tertiary alicyclic amines) is 1. The highest BCUT2D eigenvalue weighted by molar-refractivity contribution is 8.23. The van der Waals surface area contributed by atoms with Crippen LogP contribution in [0.5, 0.6) is 0 Å². The van der Waals surface area contributed by atoms with Crippen LogP contribution in [0.1, 0.15) is 45.4 Å². The summed E-state index contributed by atoms with van der Waals surface area (Å²) in [5.74, 6) is -0.0840. The van der Waals surface area contributed by atoms with Gasteiger partial charge in [-0.3, -0.25) is 15.0 Å². The fourth-order valence-electron chi connectivity index (χ4n) is 3.59. The van der Waals surface area contributed by atoms with Crippen LogP contribution in [0.15, 0.2) is 0 Å².